The number of nitrogens with one attached hydrogen (secondary N) is 2. The average molecular weight is 386 g/mol. The van der Waals surface area contributed by atoms with Gasteiger partial charge in [-0.3, -0.25) is 14.4 Å². The van der Waals surface area contributed by atoms with Gasteiger partial charge >= 0.3 is 5.97 Å². The zero-order chi connectivity index (χ0) is 20.8. The molecule has 0 unspecified atom stereocenters. The third-order valence-electron chi connectivity index (χ3n) is 4.28. The van der Waals surface area contributed by atoms with E-state index in [0.29, 0.717) is 11.1 Å². The highest BCUT2D eigenvalue weighted by molar-refractivity contribution is 5.97. The summed E-state index contributed by atoms with van der Waals surface area (Å²) in [7, 11) is 0. The number of carbonyl (C=O) groups is 3. The zero-order valence-corrected chi connectivity index (χ0v) is 16.3. The highest BCUT2D eigenvalue weighted by Gasteiger charge is 2.19. The van der Waals surface area contributed by atoms with Crippen molar-refractivity contribution >= 4 is 23.5 Å². The van der Waals surface area contributed by atoms with E-state index in [9.17, 15) is 18.8 Å². The molecule has 2 amide bonds. The van der Waals surface area contributed by atoms with Gasteiger partial charge in [0.05, 0.1) is 0 Å². The molecule has 2 rings (SSSR count). The van der Waals surface area contributed by atoms with Crippen LogP contribution in [0.3, 0.4) is 0 Å². The molecule has 6 nitrogen and oxygen atoms in total. The third-order valence-corrected chi connectivity index (χ3v) is 4.28. The summed E-state index contributed by atoms with van der Waals surface area (Å²) in [6.45, 7) is 6.45. The predicted molar refractivity (Wildman–Crippen MR) is 104 cm³/mol. The van der Waals surface area contributed by atoms with Gasteiger partial charge in [-0.15, -0.1) is 0 Å². The highest BCUT2D eigenvalue weighted by Crippen LogP contribution is 2.14. The number of hydrogen-bond donors (Lipinski definition) is 2. The van der Waals surface area contributed by atoms with Gasteiger partial charge in [-0.2, -0.15) is 0 Å². The molecular formula is C21H23FN2O4. The standard InChI is InChI=1S/C21H23FN2O4/c1-12-5-7-16(9-14(12)3)21(27)23-11-19(25)28-15(4)20(26)24-17-8-6-13(2)18(22)10-17/h5-10,15H,11H2,1-4H3,(H,23,27)(H,24,26)/t15-/m1/s1. The van der Waals surface area contributed by atoms with Crippen LogP contribution in [0.2, 0.25) is 0 Å². The molecule has 0 fully saturated rings. The summed E-state index contributed by atoms with van der Waals surface area (Å²) in [6.07, 6.45) is -1.10. The summed E-state index contributed by atoms with van der Waals surface area (Å²) in [5.41, 5.74) is 3.18. The molecule has 0 aliphatic carbocycles. The molecule has 0 aliphatic heterocycles. The molecule has 0 saturated carbocycles. The lowest BCUT2D eigenvalue weighted by atomic mass is 10.1. The third kappa shape index (κ3) is 5.64. The first-order valence-corrected chi connectivity index (χ1v) is 8.79. The molecule has 2 N–H and O–H groups in total. The van der Waals surface area contributed by atoms with E-state index in [4.69, 9.17) is 4.74 Å². The Hall–Kier alpha value is -3.22. The van der Waals surface area contributed by atoms with Crippen LogP contribution in [0.5, 0.6) is 0 Å². The summed E-state index contributed by atoms with van der Waals surface area (Å²) in [4.78, 5) is 36.1. The number of aryl methyl sites for hydroxylation is 3. The van der Waals surface area contributed by atoms with E-state index in [2.05, 4.69) is 10.6 Å². The van der Waals surface area contributed by atoms with Gasteiger partial charge in [-0.25, -0.2) is 4.39 Å². The molecule has 2 aromatic rings. The molecule has 28 heavy (non-hydrogen) atoms. The first-order chi connectivity index (χ1) is 13.2. The lowest BCUT2D eigenvalue weighted by Crippen LogP contribution is -2.35. The van der Waals surface area contributed by atoms with Crippen LogP contribution >= 0.6 is 0 Å². The van der Waals surface area contributed by atoms with Gasteiger partial charge in [0.2, 0.25) is 0 Å². The number of rotatable bonds is 6. The van der Waals surface area contributed by atoms with Crippen molar-refractivity contribution in [1.82, 2.24) is 5.32 Å². The van der Waals surface area contributed by atoms with Crippen molar-refractivity contribution < 1.29 is 23.5 Å². The monoisotopic (exact) mass is 386 g/mol. The van der Waals surface area contributed by atoms with Gasteiger partial charge in [-0.05, 0) is 68.7 Å². The van der Waals surface area contributed by atoms with Crippen molar-refractivity contribution in [3.63, 3.8) is 0 Å². The Bertz CT molecular complexity index is 911. The van der Waals surface area contributed by atoms with Crippen molar-refractivity contribution in [3.8, 4) is 0 Å². The SMILES string of the molecule is Cc1ccc(C(=O)NCC(=O)O[C@H](C)C(=O)Nc2ccc(C)c(F)c2)cc1C. The number of esters is 1. The van der Waals surface area contributed by atoms with Crippen LogP contribution in [0.4, 0.5) is 10.1 Å². The summed E-state index contributed by atoms with van der Waals surface area (Å²) < 4.78 is 18.5. The molecular weight excluding hydrogens is 363 g/mol. The Morgan fingerprint density at radius 3 is 2.32 bits per heavy atom. The summed E-state index contributed by atoms with van der Waals surface area (Å²) in [5.74, 6) is -2.21. The van der Waals surface area contributed by atoms with Gasteiger partial charge in [-0.1, -0.05) is 12.1 Å². The molecule has 0 saturated heterocycles. The Morgan fingerprint density at radius 2 is 1.68 bits per heavy atom. The zero-order valence-electron chi connectivity index (χ0n) is 16.3. The Kier molecular flexibility index (Phi) is 6.87. The Morgan fingerprint density at radius 1 is 1.00 bits per heavy atom. The fourth-order valence-corrected chi connectivity index (χ4v) is 2.34. The van der Waals surface area contributed by atoms with Crippen molar-refractivity contribution in [2.45, 2.75) is 33.8 Å². The van der Waals surface area contributed by atoms with Crippen LogP contribution in [0, 0.1) is 26.6 Å². The van der Waals surface area contributed by atoms with Crippen LogP contribution in [0.15, 0.2) is 36.4 Å². The van der Waals surface area contributed by atoms with Crippen molar-refractivity contribution in [2.24, 2.45) is 0 Å². The minimum absolute atomic E-state index is 0.263. The second-order valence-electron chi connectivity index (χ2n) is 6.57. The van der Waals surface area contributed by atoms with Gasteiger partial charge in [0.15, 0.2) is 6.10 Å². The number of amides is 2. The number of ether oxygens (including phenoxy) is 1. The molecule has 0 bridgehead atoms. The van der Waals surface area contributed by atoms with Gasteiger partial charge in [0.25, 0.3) is 11.8 Å². The number of halogens is 1. The maximum Gasteiger partial charge on any atom is 0.326 e. The fraction of sp³-hybridized carbons (Fsp3) is 0.286. The van der Waals surface area contributed by atoms with Crippen LogP contribution in [0.1, 0.15) is 34.0 Å². The van der Waals surface area contributed by atoms with Gasteiger partial charge in [0.1, 0.15) is 12.4 Å². The van der Waals surface area contributed by atoms with Crippen molar-refractivity contribution in [2.75, 3.05) is 11.9 Å². The van der Waals surface area contributed by atoms with Crippen LogP contribution in [0.25, 0.3) is 0 Å². The van der Waals surface area contributed by atoms with Crippen molar-refractivity contribution in [1.29, 1.82) is 0 Å². The van der Waals surface area contributed by atoms with E-state index in [-0.39, 0.29) is 12.2 Å². The number of carbonyl (C=O) groups excluding carboxylic acids is 3. The summed E-state index contributed by atoms with van der Waals surface area (Å²) in [5, 5.41) is 4.93. The lowest BCUT2D eigenvalue weighted by molar-refractivity contribution is -0.152. The first kappa shape index (κ1) is 21.1. The van der Waals surface area contributed by atoms with Crippen LogP contribution in [-0.4, -0.2) is 30.4 Å². The Balaban J connectivity index is 1.84. The van der Waals surface area contributed by atoms with Crippen LogP contribution < -0.4 is 10.6 Å². The molecule has 0 spiro atoms. The van der Waals surface area contributed by atoms with Crippen molar-refractivity contribution in [3.05, 3.63) is 64.5 Å². The van der Waals surface area contributed by atoms with E-state index in [1.165, 1.54) is 19.1 Å². The first-order valence-electron chi connectivity index (χ1n) is 8.79. The fourth-order valence-electron chi connectivity index (χ4n) is 2.34. The quantitative estimate of drug-likeness (QED) is 0.748. The predicted octanol–water partition coefficient (Wildman–Crippen LogP) is 3.05. The van der Waals surface area contributed by atoms with Crippen LogP contribution in [-0.2, 0) is 14.3 Å². The smallest absolute Gasteiger partial charge is 0.326 e. The van der Waals surface area contributed by atoms with E-state index in [0.717, 1.165) is 11.1 Å². The lowest BCUT2D eigenvalue weighted by Gasteiger charge is -2.14. The summed E-state index contributed by atoms with van der Waals surface area (Å²) >= 11 is 0. The summed E-state index contributed by atoms with van der Waals surface area (Å²) in [6, 6.07) is 9.49. The normalized spacial score (nSPS) is 11.5. The number of anilines is 1. The largest absolute Gasteiger partial charge is 0.451 e. The van der Waals surface area contributed by atoms with Gasteiger partial charge < -0.3 is 15.4 Å². The van der Waals surface area contributed by atoms with Gasteiger partial charge in [0, 0.05) is 11.3 Å². The molecule has 1 atom stereocenters. The molecule has 2 aromatic carbocycles. The van der Waals surface area contributed by atoms with E-state index in [1.807, 2.05) is 19.9 Å². The minimum Gasteiger partial charge on any atom is -0.451 e. The maximum absolute atomic E-state index is 13.5. The second kappa shape index (κ2) is 9.12. The highest BCUT2D eigenvalue weighted by atomic mass is 19.1. The van der Waals surface area contributed by atoms with E-state index >= 15 is 0 Å². The van der Waals surface area contributed by atoms with E-state index < -0.39 is 29.7 Å². The maximum atomic E-state index is 13.5. The topological polar surface area (TPSA) is 84.5 Å². The minimum atomic E-state index is -1.10. The molecule has 0 heterocycles. The molecule has 0 aromatic heterocycles. The number of benzene rings is 2. The van der Waals surface area contributed by atoms with E-state index in [1.54, 1.807) is 25.1 Å². The second-order valence-corrected chi connectivity index (χ2v) is 6.57. The Labute approximate surface area is 163 Å². The average Bonchev–Trinajstić information content (AvgIpc) is 2.64. The molecule has 0 aliphatic rings. The number of hydrogen-bond acceptors (Lipinski definition) is 4. The molecule has 0 radical (unpaired) electrons. The molecule has 148 valence electrons. The molecule has 7 heteroatoms.